The van der Waals surface area contributed by atoms with Gasteiger partial charge in [-0.1, -0.05) is 26.7 Å². The standard InChI is InChI=1S/C11H20N2/c1-10(2)7-11(10,9(12)13)8-5-3-4-6-8/h8H,3-7H2,1-2H3,(H3,12,13). The fourth-order valence-electron chi connectivity index (χ4n) is 3.45. The second-order valence-electron chi connectivity index (χ2n) is 5.43. The Hall–Kier alpha value is -0.530. The molecule has 74 valence electrons. The Bertz CT molecular complexity index is 238. The molecule has 2 saturated carbocycles. The molecule has 2 nitrogen and oxygen atoms in total. The first-order chi connectivity index (χ1) is 6.01. The third-order valence-corrected chi connectivity index (χ3v) is 4.34. The predicted molar refractivity (Wildman–Crippen MR) is 54.7 cm³/mol. The Kier molecular flexibility index (Phi) is 1.73. The highest BCUT2D eigenvalue weighted by molar-refractivity contribution is 5.88. The fraction of sp³-hybridized carbons (Fsp3) is 0.909. The molecule has 1 atom stereocenters. The van der Waals surface area contributed by atoms with E-state index in [0.717, 1.165) is 6.42 Å². The summed E-state index contributed by atoms with van der Waals surface area (Å²) in [6.45, 7) is 4.51. The fourth-order valence-corrected chi connectivity index (χ4v) is 3.45. The van der Waals surface area contributed by atoms with Crippen molar-refractivity contribution in [3.63, 3.8) is 0 Å². The van der Waals surface area contributed by atoms with Crippen molar-refractivity contribution in [1.29, 1.82) is 5.41 Å². The van der Waals surface area contributed by atoms with E-state index in [0.29, 0.717) is 17.2 Å². The van der Waals surface area contributed by atoms with Gasteiger partial charge in [-0.05, 0) is 30.6 Å². The Balaban J connectivity index is 2.21. The number of hydrogen-bond acceptors (Lipinski definition) is 1. The van der Waals surface area contributed by atoms with Crippen LogP contribution in [0.25, 0.3) is 0 Å². The minimum atomic E-state index is 0.0868. The third kappa shape index (κ3) is 1.04. The van der Waals surface area contributed by atoms with Gasteiger partial charge in [0.25, 0.3) is 0 Å². The highest BCUT2D eigenvalue weighted by Crippen LogP contribution is 2.69. The molecular weight excluding hydrogens is 160 g/mol. The van der Waals surface area contributed by atoms with Crippen LogP contribution in [0.1, 0.15) is 46.0 Å². The molecule has 13 heavy (non-hydrogen) atoms. The number of hydrogen-bond donors (Lipinski definition) is 2. The SMILES string of the molecule is CC1(C)CC1(C(=N)N)C1CCCC1. The number of nitrogens with two attached hydrogens (primary N) is 1. The van der Waals surface area contributed by atoms with Gasteiger partial charge in [0.05, 0.1) is 5.84 Å². The van der Waals surface area contributed by atoms with Crippen molar-refractivity contribution >= 4 is 5.84 Å². The van der Waals surface area contributed by atoms with Gasteiger partial charge in [0.1, 0.15) is 0 Å². The quantitative estimate of drug-likeness (QED) is 0.498. The van der Waals surface area contributed by atoms with Crippen molar-refractivity contribution in [3.8, 4) is 0 Å². The number of amidine groups is 1. The number of nitrogens with one attached hydrogen (secondary N) is 1. The average molecular weight is 180 g/mol. The minimum absolute atomic E-state index is 0.0868. The van der Waals surface area contributed by atoms with Crippen LogP contribution in [0.15, 0.2) is 0 Å². The summed E-state index contributed by atoms with van der Waals surface area (Å²) in [5.74, 6) is 1.16. The molecular formula is C11H20N2. The van der Waals surface area contributed by atoms with E-state index >= 15 is 0 Å². The van der Waals surface area contributed by atoms with Crippen LogP contribution in [-0.4, -0.2) is 5.84 Å². The molecule has 0 spiro atoms. The number of rotatable bonds is 2. The normalized spacial score (nSPS) is 37.7. The third-order valence-electron chi connectivity index (χ3n) is 4.34. The van der Waals surface area contributed by atoms with Crippen LogP contribution in [0.3, 0.4) is 0 Å². The van der Waals surface area contributed by atoms with Gasteiger partial charge in [-0.2, -0.15) is 0 Å². The van der Waals surface area contributed by atoms with Crippen LogP contribution in [0.4, 0.5) is 0 Å². The van der Waals surface area contributed by atoms with E-state index in [2.05, 4.69) is 13.8 Å². The maximum Gasteiger partial charge on any atom is 0.0977 e. The second-order valence-corrected chi connectivity index (χ2v) is 5.43. The van der Waals surface area contributed by atoms with E-state index in [1.807, 2.05) is 0 Å². The highest BCUT2D eigenvalue weighted by Gasteiger charge is 2.66. The van der Waals surface area contributed by atoms with Crippen LogP contribution in [0, 0.1) is 22.2 Å². The summed E-state index contributed by atoms with van der Waals surface area (Å²) in [7, 11) is 0. The second kappa shape index (κ2) is 2.49. The van der Waals surface area contributed by atoms with Crippen molar-refractivity contribution in [1.82, 2.24) is 0 Å². The first kappa shape index (κ1) is 9.04. The molecule has 2 aliphatic carbocycles. The zero-order valence-corrected chi connectivity index (χ0v) is 8.69. The molecule has 0 aromatic carbocycles. The summed E-state index contributed by atoms with van der Waals surface area (Å²) < 4.78 is 0. The molecule has 0 bridgehead atoms. The zero-order valence-electron chi connectivity index (χ0n) is 8.69. The summed E-state index contributed by atoms with van der Waals surface area (Å²) in [6.07, 6.45) is 6.41. The van der Waals surface area contributed by atoms with Gasteiger partial charge in [0.15, 0.2) is 0 Å². The van der Waals surface area contributed by atoms with Gasteiger partial charge >= 0.3 is 0 Å². The van der Waals surface area contributed by atoms with E-state index in [-0.39, 0.29) is 5.41 Å². The lowest BCUT2D eigenvalue weighted by Gasteiger charge is -2.25. The molecule has 2 aliphatic rings. The molecule has 0 aromatic heterocycles. The summed E-state index contributed by atoms with van der Waals surface area (Å²) in [4.78, 5) is 0. The molecule has 0 saturated heterocycles. The lowest BCUT2D eigenvalue weighted by Crippen LogP contribution is -2.34. The summed E-state index contributed by atoms with van der Waals surface area (Å²) in [5, 5.41) is 7.76. The Labute approximate surface area is 80.4 Å². The summed E-state index contributed by atoms with van der Waals surface area (Å²) in [5.41, 5.74) is 6.16. The Morgan fingerprint density at radius 2 is 1.77 bits per heavy atom. The molecule has 3 N–H and O–H groups in total. The summed E-state index contributed by atoms with van der Waals surface area (Å²) >= 11 is 0. The molecule has 0 aromatic rings. The zero-order chi connectivity index (χ0) is 9.69. The van der Waals surface area contributed by atoms with Crippen molar-refractivity contribution in [2.24, 2.45) is 22.5 Å². The molecule has 2 heteroatoms. The van der Waals surface area contributed by atoms with Gasteiger partial charge < -0.3 is 5.73 Å². The molecule has 0 heterocycles. The molecule has 2 fully saturated rings. The predicted octanol–water partition coefficient (Wildman–Crippen LogP) is 2.53. The molecule has 1 unspecified atom stereocenters. The van der Waals surface area contributed by atoms with E-state index in [9.17, 15) is 0 Å². The Morgan fingerprint density at radius 1 is 1.31 bits per heavy atom. The van der Waals surface area contributed by atoms with E-state index in [1.54, 1.807) is 0 Å². The van der Waals surface area contributed by atoms with Crippen LogP contribution in [0.2, 0.25) is 0 Å². The van der Waals surface area contributed by atoms with Gasteiger partial charge in [0, 0.05) is 5.41 Å². The van der Waals surface area contributed by atoms with Crippen molar-refractivity contribution < 1.29 is 0 Å². The van der Waals surface area contributed by atoms with Crippen molar-refractivity contribution in [2.75, 3.05) is 0 Å². The molecule has 0 radical (unpaired) electrons. The largest absolute Gasteiger partial charge is 0.387 e. The molecule has 2 rings (SSSR count). The van der Waals surface area contributed by atoms with Crippen LogP contribution in [-0.2, 0) is 0 Å². The molecule has 0 amide bonds. The lowest BCUT2D eigenvalue weighted by molar-refractivity contribution is 0.332. The topological polar surface area (TPSA) is 49.9 Å². The van der Waals surface area contributed by atoms with E-state index in [1.165, 1.54) is 25.7 Å². The van der Waals surface area contributed by atoms with Gasteiger partial charge in [0.2, 0.25) is 0 Å². The average Bonchev–Trinajstić information content (AvgIpc) is 2.52. The smallest absolute Gasteiger partial charge is 0.0977 e. The highest BCUT2D eigenvalue weighted by atomic mass is 14.9. The first-order valence-electron chi connectivity index (χ1n) is 5.35. The van der Waals surface area contributed by atoms with Crippen molar-refractivity contribution in [3.05, 3.63) is 0 Å². The monoisotopic (exact) mass is 180 g/mol. The van der Waals surface area contributed by atoms with E-state index < -0.39 is 0 Å². The van der Waals surface area contributed by atoms with Gasteiger partial charge in [-0.3, -0.25) is 5.41 Å². The van der Waals surface area contributed by atoms with Crippen LogP contribution < -0.4 is 5.73 Å². The maximum atomic E-state index is 7.76. The van der Waals surface area contributed by atoms with Crippen LogP contribution >= 0.6 is 0 Å². The Morgan fingerprint density at radius 3 is 2.08 bits per heavy atom. The first-order valence-corrected chi connectivity index (χ1v) is 5.35. The van der Waals surface area contributed by atoms with Gasteiger partial charge in [-0.25, -0.2) is 0 Å². The lowest BCUT2D eigenvalue weighted by atomic mass is 9.80. The van der Waals surface area contributed by atoms with Crippen LogP contribution in [0.5, 0.6) is 0 Å². The summed E-state index contributed by atoms with van der Waals surface area (Å²) in [6, 6.07) is 0. The van der Waals surface area contributed by atoms with Crippen molar-refractivity contribution in [2.45, 2.75) is 46.0 Å². The molecule has 0 aliphatic heterocycles. The maximum absolute atomic E-state index is 7.76. The minimum Gasteiger partial charge on any atom is -0.387 e. The van der Waals surface area contributed by atoms with E-state index in [4.69, 9.17) is 11.1 Å². The van der Waals surface area contributed by atoms with Gasteiger partial charge in [-0.15, -0.1) is 0 Å².